The molecule has 3 heterocycles. The maximum Gasteiger partial charge on any atom is 0.280 e. The first kappa shape index (κ1) is 21.5. The number of nitrogens with zero attached hydrogens (tertiary/aromatic N) is 4. The van der Waals surface area contributed by atoms with Crippen LogP contribution in [0.2, 0.25) is 0 Å². The van der Waals surface area contributed by atoms with Crippen LogP contribution in [-0.4, -0.2) is 62.8 Å². The Labute approximate surface area is 195 Å². The van der Waals surface area contributed by atoms with Crippen molar-refractivity contribution in [1.82, 2.24) is 30.2 Å². The number of amides is 2. The van der Waals surface area contributed by atoms with Crippen molar-refractivity contribution in [1.29, 1.82) is 0 Å². The van der Waals surface area contributed by atoms with Crippen LogP contribution in [0.3, 0.4) is 0 Å². The highest BCUT2D eigenvalue weighted by atomic mass is 16.2. The fourth-order valence-corrected chi connectivity index (χ4v) is 3.90. The van der Waals surface area contributed by atoms with Crippen LogP contribution in [0.25, 0.3) is 22.3 Å². The lowest BCUT2D eigenvalue weighted by molar-refractivity contribution is 0.0766. The van der Waals surface area contributed by atoms with E-state index in [2.05, 4.69) is 30.6 Å². The molecule has 4 aromatic rings. The number of imidazole rings is 1. The number of hydrogen-bond donors (Lipinski definition) is 4. The van der Waals surface area contributed by atoms with Gasteiger partial charge in [0.2, 0.25) is 5.95 Å². The van der Waals surface area contributed by atoms with Crippen LogP contribution >= 0.6 is 0 Å². The molecule has 34 heavy (non-hydrogen) atoms. The van der Waals surface area contributed by atoms with Gasteiger partial charge in [0.15, 0.2) is 11.5 Å². The van der Waals surface area contributed by atoms with Crippen molar-refractivity contribution in [2.75, 3.05) is 37.2 Å². The summed E-state index contributed by atoms with van der Waals surface area (Å²) in [6.45, 7) is 3.14. The van der Waals surface area contributed by atoms with Gasteiger partial charge >= 0.3 is 0 Å². The minimum atomic E-state index is -0.521. The van der Waals surface area contributed by atoms with Crippen molar-refractivity contribution in [3.8, 4) is 11.3 Å². The Morgan fingerprint density at radius 1 is 1.00 bits per heavy atom. The molecule has 2 aromatic carbocycles. The van der Waals surface area contributed by atoms with Gasteiger partial charge in [-0.2, -0.15) is 0 Å². The third kappa shape index (κ3) is 4.44. The highest BCUT2D eigenvalue weighted by Gasteiger charge is 2.19. The molecule has 172 valence electrons. The number of anilines is 2. The molecular formula is C24H24N8O2. The standard InChI is InChI=1S/C24H24N8O2/c25-21-20(22(33)31-24-29-17-4-1-2-5-18(17)30-24)28-19(14-27-21)15-6-8-16(9-7-15)23(34)32-12-3-10-26-11-13-32/h1-2,4-9,14,26H,3,10-13H2,(H2,25,27)(H2,29,30,31,33). The fraction of sp³-hybridized carbons (Fsp3) is 0.208. The van der Waals surface area contributed by atoms with E-state index in [4.69, 9.17) is 5.73 Å². The molecule has 0 aliphatic carbocycles. The van der Waals surface area contributed by atoms with E-state index in [9.17, 15) is 9.59 Å². The second-order valence-corrected chi connectivity index (χ2v) is 8.02. The van der Waals surface area contributed by atoms with Crippen LogP contribution in [0.4, 0.5) is 11.8 Å². The van der Waals surface area contributed by atoms with Crippen LogP contribution in [0.15, 0.2) is 54.7 Å². The van der Waals surface area contributed by atoms with E-state index < -0.39 is 5.91 Å². The number of carbonyl (C=O) groups excluding carboxylic acids is 2. The van der Waals surface area contributed by atoms with Crippen LogP contribution in [0.1, 0.15) is 27.3 Å². The Balaban J connectivity index is 1.34. The Kier molecular flexibility index (Phi) is 5.88. The molecule has 0 radical (unpaired) electrons. The lowest BCUT2D eigenvalue weighted by atomic mass is 10.1. The molecule has 2 amide bonds. The van der Waals surface area contributed by atoms with Gasteiger partial charge in [-0.15, -0.1) is 0 Å². The lowest BCUT2D eigenvalue weighted by Gasteiger charge is -2.20. The zero-order chi connectivity index (χ0) is 23.5. The Bertz CT molecular complexity index is 1310. The average Bonchev–Trinajstić information content (AvgIpc) is 3.07. The normalized spacial score (nSPS) is 14.1. The largest absolute Gasteiger partial charge is 0.382 e. The molecule has 10 nitrogen and oxygen atoms in total. The molecule has 0 spiro atoms. The van der Waals surface area contributed by atoms with E-state index in [1.54, 1.807) is 24.3 Å². The smallest absolute Gasteiger partial charge is 0.280 e. The van der Waals surface area contributed by atoms with Gasteiger partial charge in [-0.05, 0) is 37.2 Å². The highest BCUT2D eigenvalue weighted by Crippen LogP contribution is 2.21. The number of aromatic amines is 1. The number of benzene rings is 2. The van der Waals surface area contributed by atoms with Crippen LogP contribution in [0, 0.1) is 0 Å². The minimum absolute atomic E-state index is 0.00421. The van der Waals surface area contributed by atoms with Crippen LogP contribution in [0.5, 0.6) is 0 Å². The average molecular weight is 457 g/mol. The molecule has 0 atom stereocenters. The number of hydrogen-bond acceptors (Lipinski definition) is 7. The number of nitrogens with two attached hydrogens (primary N) is 1. The molecule has 0 unspecified atom stereocenters. The van der Waals surface area contributed by atoms with E-state index in [0.29, 0.717) is 23.8 Å². The first-order valence-electron chi connectivity index (χ1n) is 11.1. The van der Waals surface area contributed by atoms with E-state index in [0.717, 1.165) is 42.7 Å². The molecule has 0 bridgehead atoms. The summed E-state index contributed by atoms with van der Waals surface area (Å²) in [7, 11) is 0. The first-order valence-corrected chi connectivity index (χ1v) is 11.1. The second kappa shape index (κ2) is 9.28. The van der Waals surface area contributed by atoms with Crippen LogP contribution in [-0.2, 0) is 0 Å². The number of fused-ring (bicyclic) bond motifs is 1. The molecule has 1 saturated heterocycles. The molecule has 1 aliphatic rings. The van der Waals surface area contributed by atoms with Gasteiger partial charge < -0.3 is 20.9 Å². The summed E-state index contributed by atoms with van der Waals surface area (Å²) in [5, 5.41) is 5.99. The molecule has 5 rings (SSSR count). The van der Waals surface area contributed by atoms with Crippen molar-refractivity contribution in [2.45, 2.75) is 6.42 Å². The van der Waals surface area contributed by atoms with Gasteiger partial charge in [-0.25, -0.2) is 15.0 Å². The predicted octanol–water partition coefficient (Wildman–Crippen LogP) is 2.29. The summed E-state index contributed by atoms with van der Waals surface area (Å²) in [5.41, 5.74) is 9.27. The van der Waals surface area contributed by atoms with E-state index >= 15 is 0 Å². The SMILES string of the molecule is Nc1ncc(-c2ccc(C(=O)N3CCCNCC3)cc2)nc1C(=O)Nc1nc2ccccc2[nH]1. The topological polar surface area (TPSA) is 142 Å². The summed E-state index contributed by atoms with van der Waals surface area (Å²) in [4.78, 5) is 43.5. The number of aromatic nitrogens is 4. The fourth-order valence-electron chi connectivity index (χ4n) is 3.90. The van der Waals surface area contributed by atoms with Crippen molar-refractivity contribution in [2.24, 2.45) is 0 Å². The summed E-state index contributed by atoms with van der Waals surface area (Å²) >= 11 is 0. The summed E-state index contributed by atoms with van der Waals surface area (Å²) < 4.78 is 0. The van der Waals surface area contributed by atoms with E-state index in [-0.39, 0.29) is 17.4 Å². The van der Waals surface area contributed by atoms with Crippen molar-refractivity contribution >= 4 is 34.6 Å². The molecule has 2 aromatic heterocycles. The number of H-pyrrole nitrogens is 1. The zero-order valence-corrected chi connectivity index (χ0v) is 18.4. The Hall–Kier alpha value is -4.31. The zero-order valence-electron chi connectivity index (χ0n) is 18.4. The van der Waals surface area contributed by atoms with E-state index in [1.807, 2.05) is 29.2 Å². The third-order valence-corrected chi connectivity index (χ3v) is 5.69. The van der Waals surface area contributed by atoms with Crippen molar-refractivity contribution < 1.29 is 9.59 Å². The number of para-hydroxylation sites is 2. The Morgan fingerprint density at radius 2 is 1.82 bits per heavy atom. The minimum Gasteiger partial charge on any atom is -0.382 e. The summed E-state index contributed by atoms with van der Waals surface area (Å²) in [6.07, 6.45) is 2.44. The number of nitrogens with one attached hydrogen (secondary N) is 3. The number of rotatable bonds is 4. The summed E-state index contributed by atoms with van der Waals surface area (Å²) in [6, 6.07) is 14.6. The third-order valence-electron chi connectivity index (χ3n) is 5.69. The molecule has 1 fully saturated rings. The van der Waals surface area contributed by atoms with Gasteiger partial charge in [0.05, 0.1) is 22.9 Å². The molecule has 10 heteroatoms. The number of nitrogen functional groups attached to an aromatic ring is 1. The predicted molar refractivity (Wildman–Crippen MR) is 129 cm³/mol. The van der Waals surface area contributed by atoms with Gasteiger partial charge in [0.1, 0.15) is 0 Å². The van der Waals surface area contributed by atoms with Crippen molar-refractivity contribution in [3.63, 3.8) is 0 Å². The molecule has 0 saturated carbocycles. The van der Waals surface area contributed by atoms with Crippen LogP contribution < -0.4 is 16.4 Å². The maximum absolute atomic E-state index is 12.8. The molecular weight excluding hydrogens is 432 g/mol. The van der Waals surface area contributed by atoms with Crippen molar-refractivity contribution in [3.05, 3.63) is 66.0 Å². The maximum atomic E-state index is 12.8. The molecule has 1 aliphatic heterocycles. The van der Waals surface area contributed by atoms with Gasteiger partial charge in [0, 0.05) is 30.8 Å². The van der Waals surface area contributed by atoms with Gasteiger partial charge in [-0.1, -0.05) is 24.3 Å². The highest BCUT2D eigenvalue weighted by molar-refractivity contribution is 6.05. The van der Waals surface area contributed by atoms with E-state index in [1.165, 1.54) is 6.20 Å². The second-order valence-electron chi connectivity index (χ2n) is 8.02. The Morgan fingerprint density at radius 3 is 2.65 bits per heavy atom. The first-order chi connectivity index (χ1) is 16.6. The van der Waals surface area contributed by atoms with Gasteiger partial charge in [0.25, 0.3) is 11.8 Å². The summed E-state index contributed by atoms with van der Waals surface area (Å²) in [5.74, 6) is -0.208. The molecule has 5 N–H and O–H groups in total. The number of carbonyl (C=O) groups is 2. The quantitative estimate of drug-likeness (QED) is 0.369. The lowest BCUT2D eigenvalue weighted by Crippen LogP contribution is -2.34. The monoisotopic (exact) mass is 456 g/mol. The van der Waals surface area contributed by atoms with Gasteiger partial charge in [-0.3, -0.25) is 14.9 Å².